The number of hydrogen-bond donors (Lipinski definition) is 1. The van der Waals surface area contributed by atoms with Crippen LogP contribution < -0.4 is 5.73 Å². The van der Waals surface area contributed by atoms with Gasteiger partial charge >= 0.3 is 0 Å². The number of halogens is 2. The van der Waals surface area contributed by atoms with Gasteiger partial charge in [0.15, 0.2) is 0 Å². The lowest BCUT2D eigenvalue weighted by Gasteiger charge is -2.37. The first kappa shape index (κ1) is 13.0. The second-order valence-electron chi connectivity index (χ2n) is 5.52. The van der Waals surface area contributed by atoms with Crippen LogP contribution in [0.15, 0.2) is 22.7 Å². The fraction of sp³-hybridized carbons (Fsp3) is 0.571. The zero-order valence-electron chi connectivity index (χ0n) is 10.2. The first-order chi connectivity index (χ1) is 7.97. The largest absolute Gasteiger partial charge is 0.325 e. The number of nitrogens with two attached hydrogens (primary N) is 1. The maximum atomic E-state index is 13.3. The van der Waals surface area contributed by atoms with Crippen LogP contribution in [0.25, 0.3) is 0 Å². The van der Waals surface area contributed by atoms with Gasteiger partial charge in [-0.25, -0.2) is 4.39 Å². The summed E-state index contributed by atoms with van der Waals surface area (Å²) in [6.07, 6.45) is 5.32. The lowest BCUT2D eigenvalue weighted by atomic mass is 9.74. The first-order valence-electron chi connectivity index (χ1n) is 6.21. The SMILES string of the molecule is CC1CCCC(N)(Cc2cc(F)cc(Br)c2)C1. The van der Waals surface area contributed by atoms with E-state index >= 15 is 0 Å². The molecule has 94 valence electrons. The molecule has 2 rings (SSSR count). The minimum Gasteiger partial charge on any atom is -0.325 e. The normalized spacial score (nSPS) is 29.3. The molecule has 0 amide bonds. The van der Waals surface area contributed by atoms with Gasteiger partial charge in [0, 0.05) is 10.0 Å². The lowest BCUT2D eigenvalue weighted by molar-refractivity contribution is 0.235. The van der Waals surface area contributed by atoms with Crippen molar-refractivity contribution in [2.24, 2.45) is 11.7 Å². The summed E-state index contributed by atoms with van der Waals surface area (Å²) >= 11 is 3.33. The third kappa shape index (κ3) is 3.52. The van der Waals surface area contributed by atoms with Gasteiger partial charge in [0.25, 0.3) is 0 Å². The molecule has 3 heteroatoms. The second kappa shape index (κ2) is 5.07. The Morgan fingerprint density at radius 3 is 2.88 bits per heavy atom. The van der Waals surface area contributed by atoms with Crippen molar-refractivity contribution < 1.29 is 4.39 Å². The van der Waals surface area contributed by atoms with E-state index in [9.17, 15) is 4.39 Å². The minimum atomic E-state index is -0.193. The van der Waals surface area contributed by atoms with Gasteiger partial charge in [-0.2, -0.15) is 0 Å². The molecule has 0 heterocycles. The van der Waals surface area contributed by atoms with Crippen molar-refractivity contribution >= 4 is 15.9 Å². The lowest BCUT2D eigenvalue weighted by Crippen LogP contribution is -2.45. The highest BCUT2D eigenvalue weighted by Gasteiger charge is 2.31. The van der Waals surface area contributed by atoms with Crippen molar-refractivity contribution in [1.29, 1.82) is 0 Å². The van der Waals surface area contributed by atoms with E-state index < -0.39 is 0 Å². The van der Waals surface area contributed by atoms with Crippen LogP contribution in [0.4, 0.5) is 4.39 Å². The molecule has 1 aliphatic rings. The molecule has 0 saturated heterocycles. The summed E-state index contributed by atoms with van der Waals surface area (Å²) < 4.78 is 14.1. The van der Waals surface area contributed by atoms with E-state index in [4.69, 9.17) is 5.73 Å². The number of rotatable bonds is 2. The predicted octanol–water partition coefficient (Wildman–Crippen LogP) is 4.04. The predicted molar refractivity (Wildman–Crippen MR) is 72.4 cm³/mol. The van der Waals surface area contributed by atoms with Crippen LogP contribution in [-0.4, -0.2) is 5.54 Å². The third-order valence-corrected chi connectivity index (χ3v) is 4.06. The Morgan fingerprint density at radius 1 is 1.47 bits per heavy atom. The average molecular weight is 300 g/mol. The minimum absolute atomic E-state index is 0.148. The molecule has 0 bridgehead atoms. The van der Waals surface area contributed by atoms with Crippen LogP contribution in [0.2, 0.25) is 0 Å². The average Bonchev–Trinajstić information content (AvgIpc) is 2.13. The Balaban J connectivity index is 2.13. The van der Waals surface area contributed by atoms with Gasteiger partial charge in [-0.05, 0) is 48.9 Å². The zero-order valence-corrected chi connectivity index (χ0v) is 11.8. The molecule has 1 fully saturated rings. The smallest absolute Gasteiger partial charge is 0.124 e. The standard InChI is InChI=1S/C14H19BrFN/c1-10-3-2-4-14(17,8-10)9-11-5-12(15)7-13(16)6-11/h5-7,10H,2-4,8-9,17H2,1H3. The van der Waals surface area contributed by atoms with E-state index in [0.29, 0.717) is 5.92 Å². The quantitative estimate of drug-likeness (QED) is 0.876. The van der Waals surface area contributed by atoms with E-state index in [2.05, 4.69) is 22.9 Å². The summed E-state index contributed by atoms with van der Waals surface area (Å²) in [5.74, 6) is 0.493. The van der Waals surface area contributed by atoms with Crippen LogP contribution in [-0.2, 0) is 6.42 Å². The van der Waals surface area contributed by atoms with Crippen LogP contribution in [0.5, 0.6) is 0 Å². The molecule has 2 N–H and O–H groups in total. The number of benzene rings is 1. The molecule has 2 unspecified atom stereocenters. The molecule has 1 aliphatic carbocycles. The Labute approximate surface area is 111 Å². The summed E-state index contributed by atoms with van der Waals surface area (Å²) in [6.45, 7) is 2.25. The van der Waals surface area contributed by atoms with Gasteiger partial charge in [-0.15, -0.1) is 0 Å². The van der Waals surface area contributed by atoms with Gasteiger partial charge in [0.05, 0.1) is 0 Å². The highest BCUT2D eigenvalue weighted by Crippen LogP contribution is 2.33. The van der Waals surface area contributed by atoms with Crippen LogP contribution >= 0.6 is 15.9 Å². The maximum absolute atomic E-state index is 13.3. The van der Waals surface area contributed by atoms with Crippen LogP contribution in [0.1, 0.15) is 38.2 Å². The van der Waals surface area contributed by atoms with E-state index in [1.54, 1.807) is 6.07 Å². The van der Waals surface area contributed by atoms with E-state index in [1.807, 2.05) is 6.07 Å². The van der Waals surface area contributed by atoms with Gasteiger partial charge in [0.2, 0.25) is 0 Å². The molecule has 1 saturated carbocycles. The van der Waals surface area contributed by atoms with E-state index in [1.165, 1.54) is 18.9 Å². The van der Waals surface area contributed by atoms with Crippen LogP contribution in [0.3, 0.4) is 0 Å². The zero-order chi connectivity index (χ0) is 12.5. The molecular formula is C14H19BrFN. The van der Waals surface area contributed by atoms with Crippen molar-refractivity contribution in [2.75, 3.05) is 0 Å². The molecule has 1 nitrogen and oxygen atoms in total. The molecule has 2 atom stereocenters. The molecule has 17 heavy (non-hydrogen) atoms. The van der Waals surface area contributed by atoms with Crippen LogP contribution in [0, 0.1) is 11.7 Å². The fourth-order valence-electron chi connectivity index (χ4n) is 2.98. The molecular weight excluding hydrogens is 281 g/mol. The number of hydrogen-bond acceptors (Lipinski definition) is 1. The monoisotopic (exact) mass is 299 g/mol. The van der Waals surface area contributed by atoms with Crippen molar-refractivity contribution in [3.8, 4) is 0 Å². The summed E-state index contributed by atoms with van der Waals surface area (Å²) in [5, 5.41) is 0. The fourth-order valence-corrected chi connectivity index (χ4v) is 3.49. The third-order valence-electron chi connectivity index (χ3n) is 3.61. The topological polar surface area (TPSA) is 26.0 Å². The Hall–Kier alpha value is -0.410. The van der Waals surface area contributed by atoms with Gasteiger partial charge in [0.1, 0.15) is 5.82 Å². The summed E-state index contributed by atoms with van der Waals surface area (Å²) in [6, 6.07) is 5.05. The highest BCUT2D eigenvalue weighted by molar-refractivity contribution is 9.10. The Morgan fingerprint density at radius 2 is 2.24 bits per heavy atom. The summed E-state index contributed by atoms with van der Waals surface area (Å²) in [5.41, 5.74) is 7.29. The Bertz CT molecular complexity index is 387. The van der Waals surface area contributed by atoms with Gasteiger partial charge < -0.3 is 5.73 Å². The van der Waals surface area contributed by atoms with E-state index in [0.717, 1.165) is 29.3 Å². The van der Waals surface area contributed by atoms with Crippen molar-refractivity contribution in [3.63, 3.8) is 0 Å². The molecule has 1 aromatic carbocycles. The second-order valence-corrected chi connectivity index (χ2v) is 6.43. The molecule has 0 aliphatic heterocycles. The first-order valence-corrected chi connectivity index (χ1v) is 7.00. The molecule has 0 spiro atoms. The summed E-state index contributed by atoms with van der Waals surface area (Å²) in [7, 11) is 0. The van der Waals surface area contributed by atoms with Crippen molar-refractivity contribution in [2.45, 2.75) is 44.6 Å². The van der Waals surface area contributed by atoms with Gasteiger partial charge in [-0.1, -0.05) is 35.7 Å². The van der Waals surface area contributed by atoms with Gasteiger partial charge in [-0.3, -0.25) is 0 Å². The van der Waals surface area contributed by atoms with E-state index in [-0.39, 0.29) is 11.4 Å². The van der Waals surface area contributed by atoms with Crippen molar-refractivity contribution in [3.05, 3.63) is 34.1 Å². The summed E-state index contributed by atoms with van der Waals surface area (Å²) in [4.78, 5) is 0. The van der Waals surface area contributed by atoms with Crippen molar-refractivity contribution in [1.82, 2.24) is 0 Å². The highest BCUT2D eigenvalue weighted by atomic mass is 79.9. The molecule has 0 radical (unpaired) electrons. The Kier molecular flexibility index (Phi) is 3.88. The molecule has 0 aromatic heterocycles. The molecule has 1 aromatic rings. The maximum Gasteiger partial charge on any atom is 0.124 e.